The molecule has 2 aliphatic rings. The summed E-state index contributed by atoms with van der Waals surface area (Å²) in [5, 5.41) is 13.2. The first-order valence-corrected chi connectivity index (χ1v) is 11.7. The summed E-state index contributed by atoms with van der Waals surface area (Å²) < 4.78 is 6.45. The van der Waals surface area contributed by atoms with E-state index in [4.69, 9.17) is 4.43 Å². The number of carbonyl (C=O) groups excluding carboxylic acids is 1. The molecule has 5 atom stereocenters. The van der Waals surface area contributed by atoms with E-state index in [1.165, 1.54) is 0 Å². The van der Waals surface area contributed by atoms with Crippen LogP contribution < -0.4 is 5.32 Å². The Bertz CT molecular complexity index is 483. The van der Waals surface area contributed by atoms with E-state index >= 15 is 0 Å². The molecule has 1 saturated heterocycles. The van der Waals surface area contributed by atoms with Crippen molar-refractivity contribution in [2.75, 3.05) is 0 Å². The third-order valence-electron chi connectivity index (χ3n) is 6.12. The molecule has 1 aliphatic heterocycles. The number of hydrogen-bond acceptors (Lipinski definition) is 3. The van der Waals surface area contributed by atoms with E-state index in [0.29, 0.717) is 0 Å². The number of carbonyl (C=O) groups is 1. The fourth-order valence-corrected chi connectivity index (χ4v) is 4.98. The van der Waals surface area contributed by atoms with Crippen LogP contribution in [0.2, 0.25) is 18.1 Å². The SMILES string of the molecule is C=C1[C@@H](O)CCC[C@@H]1[C@H]1NC(=O)[C@@H]1[C@@H](C)O[Si](C)(C)C(C)(C)C. The van der Waals surface area contributed by atoms with Crippen molar-refractivity contribution in [3.05, 3.63) is 12.2 Å². The van der Waals surface area contributed by atoms with E-state index in [0.717, 1.165) is 24.8 Å². The lowest BCUT2D eigenvalue weighted by Gasteiger charge is -2.49. The van der Waals surface area contributed by atoms with E-state index in [2.05, 4.69) is 45.8 Å². The molecule has 23 heavy (non-hydrogen) atoms. The van der Waals surface area contributed by atoms with Crippen molar-refractivity contribution in [1.82, 2.24) is 5.32 Å². The third kappa shape index (κ3) is 3.56. The summed E-state index contributed by atoms with van der Waals surface area (Å²) in [5.74, 6) is 0.122. The molecule has 2 N–H and O–H groups in total. The van der Waals surface area contributed by atoms with E-state index in [1.54, 1.807) is 0 Å². The maximum atomic E-state index is 12.2. The molecular weight excluding hydrogens is 306 g/mol. The van der Waals surface area contributed by atoms with Crippen LogP contribution in [0.25, 0.3) is 0 Å². The second-order valence-corrected chi connectivity index (χ2v) is 13.5. The van der Waals surface area contributed by atoms with Crippen LogP contribution in [0.3, 0.4) is 0 Å². The van der Waals surface area contributed by atoms with Crippen LogP contribution in [0.1, 0.15) is 47.0 Å². The summed E-state index contributed by atoms with van der Waals surface area (Å²) >= 11 is 0. The molecule has 5 heteroatoms. The number of hydrogen-bond donors (Lipinski definition) is 2. The van der Waals surface area contributed by atoms with Crippen LogP contribution in [-0.4, -0.2) is 37.6 Å². The second-order valence-electron chi connectivity index (χ2n) is 8.77. The van der Waals surface area contributed by atoms with Crippen LogP contribution in [0.15, 0.2) is 12.2 Å². The predicted octanol–water partition coefficient (Wildman–Crippen LogP) is 3.23. The van der Waals surface area contributed by atoms with Crippen molar-refractivity contribution in [3.8, 4) is 0 Å². The first-order valence-electron chi connectivity index (χ1n) is 8.80. The van der Waals surface area contributed by atoms with Gasteiger partial charge in [0.15, 0.2) is 8.32 Å². The molecule has 1 heterocycles. The standard InChI is InChI=1S/C18H33NO3Si/c1-11-13(9-8-10-14(11)20)16-15(17(21)19-16)12(2)22-23(6,7)18(3,4)5/h12-16,20H,1,8-10H2,2-7H3,(H,19,21)/t12-,13+,14+,15-,16-/m1/s1. The van der Waals surface area contributed by atoms with Crippen molar-refractivity contribution < 1.29 is 14.3 Å². The Labute approximate surface area is 141 Å². The number of aliphatic hydroxyl groups is 1. The van der Waals surface area contributed by atoms with Crippen LogP contribution in [0.4, 0.5) is 0 Å². The normalized spacial score (nSPS) is 33.9. The minimum Gasteiger partial charge on any atom is -0.413 e. The molecule has 132 valence electrons. The lowest BCUT2D eigenvalue weighted by atomic mass is 9.70. The van der Waals surface area contributed by atoms with Crippen molar-refractivity contribution in [3.63, 3.8) is 0 Å². The fraction of sp³-hybridized carbons (Fsp3) is 0.833. The molecule has 0 aromatic rings. The first kappa shape index (κ1) is 18.7. The van der Waals surface area contributed by atoms with Gasteiger partial charge in [0.1, 0.15) is 0 Å². The summed E-state index contributed by atoms with van der Waals surface area (Å²) in [5.41, 5.74) is 0.880. The molecule has 2 fully saturated rings. The van der Waals surface area contributed by atoms with Crippen molar-refractivity contribution >= 4 is 14.2 Å². The molecule has 2 rings (SSSR count). The van der Waals surface area contributed by atoms with Crippen LogP contribution in [0, 0.1) is 11.8 Å². The van der Waals surface area contributed by atoms with Gasteiger partial charge >= 0.3 is 0 Å². The topological polar surface area (TPSA) is 58.6 Å². The number of β-lactam (4-membered cyclic amide) rings is 1. The molecule has 0 spiro atoms. The van der Waals surface area contributed by atoms with E-state index in [-0.39, 0.29) is 34.9 Å². The summed E-state index contributed by atoms with van der Waals surface area (Å²) in [6.07, 6.45) is 2.24. The maximum absolute atomic E-state index is 12.2. The number of amides is 1. The molecule has 0 aromatic heterocycles. The molecule has 1 aliphatic carbocycles. The highest BCUT2D eigenvalue weighted by Gasteiger charge is 2.51. The van der Waals surface area contributed by atoms with Gasteiger partial charge in [-0.15, -0.1) is 0 Å². The highest BCUT2D eigenvalue weighted by atomic mass is 28.4. The van der Waals surface area contributed by atoms with Gasteiger partial charge in [-0.2, -0.15) is 0 Å². The Morgan fingerprint density at radius 1 is 1.35 bits per heavy atom. The van der Waals surface area contributed by atoms with Crippen molar-refractivity contribution in [2.24, 2.45) is 11.8 Å². The van der Waals surface area contributed by atoms with Gasteiger partial charge in [-0.1, -0.05) is 27.4 Å². The average Bonchev–Trinajstić information content (AvgIpc) is 2.37. The highest BCUT2D eigenvalue weighted by Crippen LogP contribution is 2.42. The minimum atomic E-state index is -1.90. The summed E-state index contributed by atoms with van der Waals surface area (Å²) in [6.45, 7) is 17.2. The summed E-state index contributed by atoms with van der Waals surface area (Å²) in [6, 6.07) is 0.0599. The van der Waals surface area contributed by atoms with E-state index in [1.807, 2.05) is 6.92 Å². The Balaban J connectivity index is 2.08. The average molecular weight is 340 g/mol. The summed E-state index contributed by atoms with van der Waals surface area (Å²) in [7, 11) is -1.90. The number of nitrogens with one attached hydrogen (secondary N) is 1. The lowest BCUT2D eigenvalue weighted by molar-refractivity contribution is -0.142. The number of rotatable bonds is 4. The van der Waals surface area contributed by atoms with Gasteiger partial charge in [0.2, 0.25) is 5.91 Å². The van der Waals surface area contributed by atoms with E-state index < -0.39 is 14.4 Å². The first-order chi connectivity index (χ1) is 10.5. The van der Waals surface area contributed by atoms with Gasteiger partial charge in [-0.05, 0) is 49.9 Å². The Morgan fingerprint density at radius 2 is 1.96 bits per heavy atom. The predicted molar refractivity (Wildman–Crippen MR) is 95.7 cm³/mol. The Hall–Kier alpha value is -0.653. The van der Waals surface area contributed by atoms with Crippen LogP contribution in [0.5, 0.6) is 0 Å². The molecule has 0 unspecified atom stereocenters. The quantitative estimate of drug-likeness (QED) is 0.470. The molecular formula is C18H33NO3Si. The Morgan fingerprint density at radius 3 is 2.48 bits per heavy atom. The molecule has 0 aromatic carbocycles. The smallest absolute Gasteiger partial charge is 0.228 e. The zero-order valence-corrected chi connectivity index (χ0v) is 16.5. The lowest BCUT2D eigenvalue weighted by Crippen LogP contribution is -2.67. The fourth-order valence-electron chi connectivity index (χ4n) is 3.55. The number of aliphatic hydroxyl groups excluding tert-OH is 1. The zero-order valence-electron chi connectivity index (χ0n) is 15.5. The third-order valence-corrected chi connectivity index (χ3v) is 10.7. The molecule has 0 bridgehead atoms. The van der Waals surface area contributed by atoms with Gasteiger partial charge in [-0.3, -0.25) is 4.79 Å². The van der Waals surface area contributed by atoms with Gasteiger partial charge in [-0.25, -0.2) is 0 Å². The van der Waals surface area contributed by atoms with E-state index in [9.17, 15) is 9.90 Å². The maximum Gasteiger partial charge on any atom is 0.228 e. The monoisotopic (exact) mass is 339 g/mol. The van der Waals surface area contributed by atoms with Gasteiger partial charge in [0.25, 0.3) is 0 Å². The zero-order chi connectivity index (χ0) is 17.6. The van der Waals surface area contributed by atoms with Crippen molar-refractivity contribution in [2.45, 2.75) is 83.3 Å². The highest BCUT2D eigenvalue weighted by molar-refractivity contribution is 6.74. The van der Waals surface area contributed by atoms with Gasteiger partial charge < -0.3 is 14.8 Å². The van der Waals surface area contributed by atoms with Gasteiger partial charge in [0, 0.05) is 12.0 Å². The summed E-state index contributed by atoms with van der Waals surface area (Å²) in [4.78, 5) is 12.2. The minimum absolute atomic E-state index is 0.0599. The molecule has 1 saturated carbocycles. The molecule has 1 amide bonds. The largest absolute Gasteiger partial charge is 0.413 e. The molecule has 4 nitrogen and oxygen atoms in total. The second kappa shape index (κ2) is 6.34. The Kier molecular flexibility index (Phi) is 5.15. The van der Waals surface area contributed by atoms with Gasteiger partial charge in [0.05, 0.1) is 18.1 Å². The van der Waals surface area contributed by atoms with Crippen LogP contribution in [-0.2, 0) is 9.22 Å². The molecule has 0 radical (unpaired) electrons. The van der Waals surface area contributed by atoms with Crippen LogP contribution >= 0.6 is 0 Å². The van der Waals surface area contributed by atoms with Crippen molar-refractivity contribution in [1.29, 1.82) is 0 Å².